The number of amides is 1. The summed E-state index contributed by atoms with van der Waals surface area (Å²) in [5, 5.41) is 6.01. The van der Waals surface area contributed by atoms with Crippen molar-refractivity contribution in [2.75, 3.05) is 30.3 Å². The minimum Gasteiger partial charge on any atom is -0.457 e. The number of imidazole rings is 1. The number of aryl methyl sites for hydroxylation is 1. The maximum atomic E-state index is 14.5. The lowest BCUT2D eigenvalue weighted by molar-refractivity contribution is -0.117. The number of piperidine rings is 1. The van der Waals surface area contributed by atoms with Crippen molar-refractivity contribution in [3.63, 3.8) is 0 Å². The first-order valence-corrected chi connectivity index (χ1v) is 13.4. The van der Waals surface area contributed by atoms with Crippen molar-refractivity contribution >= 4 is 34.4 Å². The van der Waals surface area contributed by atoms with Crippen molar-refractivity contribution in [1.29, 1.82) is 0 Å². The van der Waals surface area contributed by atoms with E-state index in [1.54, 1.807) is 24.4 Å². The first kappa shape index (κ1) is 26.6. The number of nitrogens with zero attached hydrogens (tertiary/aromatic N) is 4. The van der Waals surface area contributed by atoms with E-state index in [0.29, 0.717) is 41.0 Å². The summed E-state index contributed by atoms with van der Waals surface area (Å²) in [6, 6.07) is 14.1. The molecule has 204 valence electrons. The summed E-state index contributed by atoms with van der Waals surface area (Å²) in [5.74, 6) is 2.70. The van der Waals surface area contributed by atoms with Crippen molar-refractivity contribution in [1.82, 2.24) is 19.4 Å². The minimum atomic E-state index is -0.332. The third-order valence-corrected chi connectivity index (χ3v) is 7.23. The van der Waals surface area contributed by atoms with E-state index in [1.807, 2.05) is 35.9 Å². The number of anilines is 3. The molecule has 0 atom stereocenters. The Morgan fingerprint density at radius 2 is 1.87 bits per heavy atom. The van der Waals surface area contributed by atoms with Crippen LogP contribution in [0.1, 0.15) is 45.1 Å². The number of benzene rings is 2. The molecule has 2 aromatic carbocycles. The fraction of sp³-hybridized carbons (Fsp3) is 0.367. The summed E-state index contributed by atoms with van der Waals surface area (Å²) in [7, 11) is 1.88. The fourth-order valence-corrected chi connectivity index (χ4v) is 4.76. The highest BCUT2D eigenvalue weighted by Gasteiger charge is 2.18. The maximum absolute atomic E-state index is 14.5. The Morgan fingerprint density at radius 1 is 1.10 bits per heavy atom. The topological polar surface area (TPSA) is 84.3 Å². The van der Waals surface area contributed by atoms with Crippen LogP contribution in [0.3, 0.4) is 0 Å². The Balaban J connectivity index is 1.27. The molecule has 4 aromatic rings. The van der Waals surface area contributed by atoms with Gasteiger partial charge >= 0.3 is 0 Å². The number of hydrogen-bond acceptors (Lipinski definition) is 6. The molecular formula is C30H35FN6O2. The Bertz CT molecular complexity index is 1480. The van der Waals surface area contributed by atoms with Crippen molar-refractivity contribution in [2.24, 2.45) is 13.0 Å². The van der Waals surface area contributed by atoms with Crippen LogP contribution < -0.4 is 15.4 Å². The number of hydrogen-bond donors (Lipinski definition) is 2. The lowest BCUT2D eigenvalue weighted by Gasteiger charge is -2.29. The van der Waals surface area contributed by atoms with Crippen LogP contribution >= 0.6 is 0 Å². The number of aromatic nitrogens is 3. The lowest BCUT2D eigenvalue weighted by atomic mass is 9.99. The summed E-state index contributed by atoms with van der Waals surface area (Å²) >= 11 is 0. The molecule has 1 amide bonds. The largest absolute Gasteiger partial charge is 0.457 e. The lowest BCUT2D eigenvalue weighted by Crippen LogP contribution is -2.38. The highest BCUT2D eigenvalue weighted by atomic mass is 19.1. The summed E-state index contributed by atoms with van der Waals surface area (Å²) in [5.41, 5.74) is 3.01. The quantitative estimate of drug-likeness (QED) is 0.273. The van der Waals surface area contributed by atoms with E-state index in [0.717, 1.165) is 42.9 Å². The summed E-state index contributed by atoms with van der Waals surface area (Å²) in [4.78, 5) is 23.7. The number of likely N-dealkylation sites (tertiary alicyclic amines) is 1. The highest BCUT2D eigenvalue weighted by molar-refractivity contribution is 5.91. The molecule has 3 heterocycles. The predicted molar refractivity (Wildman–Crippen MR) is 152 cm³/mol. The molecule has 1 aliphatic rings. The molecule has 1 aliphatic heterocycles. The smallest absolute Gasteiger partial charge is 0.239 e. The first-order chi connectivity index (χ1) is 18.7. The van der Waals surface area contributed by atoms with Gasteiger partial charge in [0.25, 0.3) is 0 Å². The molecule has 9 heteroatoms. The van der Waals surface area contributed by atoms with Gasteiger partial charge in [0.05, 0.1) is 23.3 Å². The van der Waals surface area contributed by atoms with Crippen molar-refractivity contribution in [2.45, 2.75) is 39.5 Å². The van der Waals surface area contributed by atoms with Gasteiger partial charge in [0.1, 0.15) is 23.1 Å². The number of carbonyl (C=O) groups excluding carboxylic acids is 1. The van der Waals surface area contributed by atoms with Crippen molar-refractivity contribution in [3.05, 3.63) is 66.1 Å². The predicted octanol–water partition coefficient (Wildman–Crippen LogP) is 6.44. The highest BCUT2D eigenvalue weighted by Crippen LogP contribution is 2.30. The molecule has 2 N–H and O–H groups in total. The third kappa shape index (κ3) is 6.37. The number of ether oxygens (including phenoxy) is 1. The van der Waals surface area contributed by atoms with Gasteiger partial charge in [0.2, 0.25) is 11.9 Å². The van der Waals surface area contributed by atoms with E-state index in [4.69, 9.17) is 4.74 Å². The SMILES string of the molecule is CC1CCN(CC(=O)Nc2cc(Oc3ccc4c(c3)nc(Nc3cc(C(C)C)ccc3F)n4C)ccn2)CC1. The molecule has 0 aliphatic carbocycles. The molecule has 0 saturated carbocycles. The zero-order valence-electron chi connectivity index (χ0n) is 22.9. The molecule has 1 saturated heterocycles. The molecule has 0 spiro atoms. The van der Waals surface area contributed by atoms with Crippen LogP contribution in [0.15, 0.2) is 54.7 Å². The number of rotatable bonds is 8. The molecule has 2 aromatic heterocycles. The number of pyridine rings is 1. The standard InChI is InChI=1S/C30H35FN6O2/c1-19(2)21-5-7-24(31)25(15-21)33-30-34-26-16-22(6-8-27(26)36(30)4)39-23-9-12-32-28(17-23)35-29(38)18-37-13-10-20(3)11-14-37/h5-9,12,15-17,19-20H,10-11,13-14,18H2,1-4H3,(H,33,34)(H,32,35,38). The van der Waals surface area contributed by atoms with E-state index < -0.39 is 0 Å². The number of carbonyl (C=O) groups is 1. The van der Waals surface area contributed by atoms with E-state index >= 15 is 0 Å². The van der Waals surface area contributed by atoms with Crippen LogP contribution in [0.25, 0.3) is 11.0 Å². The van der Waals surface area contributed by atoms with Gasteiger partial charge in [0.15, 0.2) is 0 Å². The number of nitrogens with one attached hydrogen (secondary N) is 2. The molecule has 0 unspecified atom stereocenters. The minimum absolute atomic E-state index is 0.0838. The molecule has 1 fully saturated rings. The first-order valence-electron chi connectivity index (χ1n) is 13.4. The molecule has 8 nitrogen and oxygen atoms in total. The maximum Gasteiger partial charge on any atom is 0.239 e. The zero-order valence-corrected chi connectivity index (χ0v) is 22.9. The van der Waals surface area contributed by atoms with E-state index in [2.05, 4.69) is 46.3 Å². The second-order valence-corrected chi connectivity index (χ2v) is 10.6. The molecular weight excluding hydrogens is 495 g/mol. The molecule has 39 heavy (non-hydrogen) atoms. The number of halogens is 1. The monoisotopic (exact) mass is 530 g/mol. The van der Waals surface area contributed by atoms with Crippen LogP contribution in [0.4, 0.5) is 21.8 Å². The van der Waals surface area contributed by atoms with Gasteiger partial charge < -0.3 is 19.9 Å². The fourth-order valence-electron chi connectivity index (χ4n) is 4.76. The van der Waals surface area contributed by atoms with Gasteiger partial charge in [0, 0.05) is 25.4 Å². The molecule has 5 rings (SSSR count). The van der Waals surface area contributed by atoms with Crippen molar-refractivity contribution in [3.8, 4) is 11.5 Å². The van der Waals surface area contributed by atoms with E-state index in [-0.39, 0.29) is 17.6 Å². The second kappa shape index (κ2) is 11.4. The Labute approximate surface area is 228 Å². The molecule has 0 radical (unpaired) electrons. The van der Waals surface area contributed by atoms with Crippen LogP contribution in [0.2, 0.25) is 0 Å². The molecule has 0 bridgehead atoms. The summed E-state index contributed by atoms with van der Waals surface area (Å²) in [6.45, 7) is 8.64. The summed E-state index contributed by atoms with van der Waals surface area (Å²) < 4.78 is 22.4. The van der Waals surface area contributed by atoms with Crippen LogP contribution in [0, 0.1) is 11.7 Å². The van der Waals surface area contributed by atoms with Gasteiger partial charge in [-0.1, -0.05) is 26.8 Å². The Hall–Kier alpha value is -3.98. The summed E-state index contributed by atoms with van der Waals surface area (Å²) in [6.07, 6.45) is 3.85. The Morgan fingerprint density at radius 3 is 2.64 bits per heavy atom. The van der Waals surface area contributed by atoms with Gasteiger partial charge in [-0.15, -0.1) is 0 Å². The van der Waals surface area contributed by atoms with Gasteiger partial charge in [-0.3, -0.25) is 9.69 Å². The second-order valence-electron chi connectivity index (χ2n) is 10.6. The van der Waals surface area contributed by atoms with E-state index in [9.17, 15) is 9.18 Å². The third-order valence-electron chi connectivity index (χ3n) is 7.23. The van der Waals surface area contributed by atoms with Crippen molar-refractivity contribution < 1.29 is 13.9 Å². The van der Waals surface area contributed by atoms with Gasteiger partial charge in [-0.2, -0.15) is 0 Å². The van der Waals surface area contributed by atoms with E-state index in [1.165, 1.54) is 6.07 Å². The zero-order chi connectivity index (χ0) is 27.5. The van der Waals surface area contributed by atoms with Crippen LogP contribution in [-0.4, -0.2) is 45.0 Å². The Kier molecular flexibility index (Phi) is 7.79. The average molecular weight is 531 g/mol. The van der Waals surface area contributed by atoms with Crippen LogP contribution in [0.5, 0.6) is 11.5 Å². The average Bonchev–Trinajstić information content (AvgIpc) is 3.21. The van der Waals surface area contributed by atoms with Gasteiger partial charge in [-0.25, -0.2) is 14.4 Å². The number of fused-ring (bicyclic) bond motifs is 1. The normalized spacial score (nSPS) is 14.6. The van der Waals surface area contributed by atoms with Gasteiger partial charge in [-0.05, 0) is 73.7 Å². The van der Waals surface area contributed by atoms with Crippen LogP contribution in [-0.2, 0) is 11.8 Å².